The average Bonchev–Trinajstić information content (AvgIpc) is 3.30. The Morgan fingerprint density at radius 1 is 1.21 bits per heavy atom. The Balaban J connectivity index is 1.37. The van der Waals surface area contributed by atoms with Crippen molar-refractivity contribution >= 4 is 17.6 Å². The van der Waals surface area contributed by atoms with Crippen LogP contribution in [0.1, 0.15) is 31.0 Å². The molecule has 0 bridgehead atoms. The van der Waals surface area contributed by atoms with Crippen molar-refractivity contribution in [2.75, 3.05) is 32.0 Å². The Morgan fingerprint density at radius 2 is 2.04 bits per heavy atom. The molecule has 0 aromatic carbocycles. The van der Waals surface area contributed by atoms with E-state index in [0.717, 1.165) is 37.4 Å². The standard InChI is InChI=1S/C20H26N6O2/c1-24-10-6-17(7-11-24)26-18(5-9-22-26)23-20(28)15-12-19(27)25(13-15)14-16-4-2-3-8-21-16/h2-5,8-9,15,17H,6-7,10-14H2,1H3,(H,23,28). The SMILES string of the molecule is CN1CCC(n2nccc2NC(=O)C2CC(=O)N(Cc3ccccn3)C2)CC1. The molecular weight excluding hydrogens is 356 g/mol. The van der Waals surface area contributed by atoms with Crippen LogP contribution >= 0.6 is 0 Å². The molecule has 4 rings (SSSR count). The van der Waals surface area contributed by atoms with Gasteiger partial charge in [0.25, 0.3) is 0 Å². The Kier molecular flexibility index (Phi) is 5.38. The van der Waals surface area contributed by atoms with Gasteiger partial charge in [-0.15, -0.1) is 0 Å². The van der Waals surface area contributed by atoms with Crippen molar-refractivity contribution in [2.45, 2.75) is 31.8 Å². The third-order valence-corrected chi connectivity index (χ3v) is 5.62. The van der Waals surface area contributed by atoms with Crippen molar-refractivity contribution in [1.82, 2.24) is 24.6 Å². The minimum Gasteiger partial charge on any atom is -0.336 e. The first-order chi connectivity index (χ1) is 13.6. The number of rotatable bonds is 5. The van der Waals surface area contributed by atoms with Crippen LogP contribution in [-0.2, 0) is 16.1 Å². The van der Waals surface area contributed by atoms with Crippen LogP contribution < -0.4 is 5.32 Å². The van der Waals surface area contributed by atoms with Gasteiger partial charge in [0.1, 0.15) is 5.82 Å². The Bertz CT molecular complexity index is 828. The van der Waals surface area contributed by atoms with Gasteiger partial charge in [0, 0.05) is 25.2 Å². The van der Waals surface area contributed by atoms with Crippen LogP contribution in [0.4, 0.5) is 5.82 Å². The van der Waals surface area contributed by atoms with Gasteiger partial charge >= 0.3 is 0 Å². The highest BCUT2D eigenvalue weighted by molar-refractivity contribution is 5.96. The molecule has 2 aromatic heterocycles. The fraction of sp³-hybridized carbons (Fsp3) is 0.500. The molecule has 148 valence electrons. The van der Waals surface area contributed by atoms with Crippen LogP contribution in [0.2, 0.25) is 0 Å². The van der Waals surface area contributed by atoms with Crippen molar-refractivity contribution in [1.29, 1.82) is 0 Å². The summed E-state index contributed by atoms with van der Waals surface area (Å²) in [4.78, 5) is 33.4. The average molecular weight is 382 g/mol. The second-order valence-electron chi connectivity index (χ2n) is 7.68. The minimum atomic E-state index is -0.350. The number of anilines is 1. The molecule has 8 heteroatoms. The molecular formula is C20H26N6O2. The van der Waals surface area contributed by atoms with Crippen LogP contribution in [0, 0.1) is 5.92 Å². The summed E-state index contributed by atoms with van der Waals surface area (Å²) in [6.07, 6.45) is 5.70. The maximum Gasteiger partial charge on any atom is 0.230 e. The number of carbonyl (C=O) groups is 2. The summed E-state index contributed by atoms with van der Waals surface area (Å²) >= 11 is 0. The molecule has 8 nitrogen and oxygen atoms in total. The number of nitrogens with zero attached hydrogens (tertiary/aromatic N) is 5. The quantitative estimate of drug-likeness (QED) is 0.848. The van der Waals surface area contributed by atoms with Gasteiger partial charge < -0.3 is 15.1 Å². The number of nitrogens with one attached hydrogen (secondary N) is 1. The number of carbonyl (C=O) groups excluding carboxylic acids is 2. The second-order valence-corrected chi connectivity index (χ2v) is 7.68. The van der Waals surface area contributed by atoms with Crippen LogP contribution in [0.15, 0.2) is 36.7 Å². The highest BCUT2D eigenvalue weighted by Gasteiger charge is 2.35. The summed E-state index contributed by atoms with van der Waals surface area (Å²) in [5.74, 6) is 0.244. The highest BCUT2D eigenvalue weighted by atomic mass is 16.2. The van der Waals surface area contributed by atoms with Crippen molar-refractivity contribution in [3.8, 4) is 0 Å². The molecule has 0 aliphatic carbocycles. The zero-order chi connectivity index (χ0) is 19.5. The third kappa shape index (κ3) is 4.06. The number of hydrogen-bond donors (Lipinski definition) is 1. The molecule has 2 amide bonds. The Hall–Kier alpha value is -2.74. The molecule has 1 unspecified atom stereocenters. The maximum absolute atomic E-state index is 12.8. The predicted molar refractivity (Wildman–Crippen MR) is 104 cm³/mol. The number of aromatic nitrogens is 3. The molecule has 1 N–H and O–H groups in total. The molecule has 2 aliphatic heterocycles. The van der Waals surface area contributed by atoms with E-state index in [1.807, 2.05) is 28.9 Å². The zero-order valence-electron chi connectivity index (χ0n) is 16.1. The smallest absolute Gasteiger partial charge is 0.230 e. The number of piperidine rings is 1. The molecule has 0 spiro atoms. The van der Waals surface area contributed by atoms with E-state index in [1.165, 1.54) is 0 Å². The van der Waals surface area contributed by atoms with Crippen LogP contribution in [-0.4, -0.2) is 63.1 Å². The number of amides is 2. The summed E-state index contributed by atoms with van der Waals surface area (Å²) in [7, 11) is 2.12. The summed E-state index contributed by atoms with van der Waals surface area (Å²) in [5, 5.41) is 7.43. The van der Waals surface area contributed by atoms with E-state index in [0.29, 0.717) is 19.1 Å². The lowest BCUT2D eigenvalue weighted by atomic mass is 10.1. The van der Waals surface area contributed by atoms with Gasteiger partial charge in [0.15, 0.2) is 0 Å². The third-order valence-electron chi connectivity index (χ3n) is 5.62. The van der Waals surface area contributed by atoms with Crippen molar-refractivity contribution in [3.63, 3.8) is 0 Å². The molecule has 2 aromatic rings. The zero-order valence-corrected chi connectivity index (χ0v) is 16.1. The first-order valence-corrected chi connectivity index (χ1v) is 9.81. The van der Waals surface area contributed by atoms with Crippen LogP contribution in [0.3, 0.4) is 0 Å². The molecule has 2 aliphatic rings. The monoisotopic (exact) mass is 382 g/mol. The van der Waals surface area contributed by atoms with Gasteiger partial charge in [0.2, 0.25) is 11.8 Å². The molecule has 28 heavy (non-hydrogen) atoms. The summed E-state index contributed by atoms with van der Waals surface area (Å²) < 4.78 is 1.92. The minimum absolute atomic E-state index is 0.00497. The summed E-state index contributed by atoms with van der Waals surface area (Å²) in [6.45, 7) is 2.91. The van der Waals surface area contributed by atoms with E-state index >= 15 is 0 Å². The largest absolute Gasteiger partial charge is 0.336 e. The van der Waals surface area contributed by atoms with Crippen molar-refractivity contribution in [3.05, 3.63) is 42.4 Å². The fourth-order valence-electron chi connectivity index (χ4n) is 3.96. The van der Waals surface area contributed by atoms with Gasteiger partial charge in [-0.25, -0.2) is 4.68 Å². The van der Waals surface area contributed by atoms with Gasteiger partial charge in [-0.2, -0.15) is 5.10 Å². The van der Waals surface area contributed by atoms with E-state index in [9.17, 15) is 9.59 Å². The number of likely N-dealkylation sites (tertiary alicyclic amines) is 2. The molecule has 0 radical (unpaired) electrons. The van der Waals surface area contributed by atoms with E-state index in [-0.39, 0.29) is 24.2 Å². The first-order valence-electron chi connectivity index (χ1n) is 9.81. The lowest BCUT2D eigenvalue weighted by Crippen LogP contribution is -2.33. The first kappa shape index (κ1) is 18.6. The van der Waals surface area contributed by atoms with E-state index in [1.54, 1.807) is 17.3 Å². The van der Waals surface area contributed by atoms with Crippen LogP contribution in [0.25, 0.3) is 0 Å². The predicted octanol–water partition coefficient (Wildman–Crippen LogP) is 1.53. The number of hydrogen-bond acceptors (Lipinski definition) is 5. The molecule has 2 fully saturated rings. The lowest BCUT2D eigenvalue weighted by Gasteiger charge is -2.30. The van der Waals surface area contributed by atoms with Gasteiger partial charge in [0.05, 0.1) is 30.4 Å². The van der Waals surface area contributed by atoms with E-state index < -0.39 is 0 Å². The number of pyridine rings is 1. The van der Waals surface area contributed by atoms with E-state index in [2.05, 4.69) is 27.3 Å². The molecule has 4 heterocycles. The summed E-state index contributed by atoms with van der Waals surface area (Å²) in [5.41, 5.74) is 0.831. The Morgan fingerprint density at radius 3 is 2.79 bits per heavy atom. The molecule has 0 saturated carbocycles. The molecule has 1 atom stereocenters. The normalized spacial score (nSPS) is 21.2. The highest BCUT2D eigenvalue weighted by Crippen LogP contribution is 2.26. The lowest BCUT2D eigenvalue weighted by molar-refractivity contribution is -0.128. The maximum atomic E-state index is 12.8. The van der Waals surface area contributed by atoms with E-state index in [4.69, 9.17) is 0 Å². The van der Waals surface area contributed by atoms with Gasteiger partial charge in [-0.3, -0.25) is 14.6 Å². The fourth-order valence-corrected chi connectivity index (χ4v) is 3.96. The van der Waals surface area contributed by atoms with Gasteiger partial charge in [-0.1, -0.05) is 6.07 Å². The second kappa shape index (κ2) is 8.10. The molecule has 2 saturated heterocycles. The van der Waals surface area contributed by atoms with Crippen LogP contribution in [0.5, 0.6) is 0 Å². The van der Waals surface area contributed by atoms with Gasteiger partial charge in [-0.05, 0) is 45.1 Å². The summed E-state index contributed by atoms with van der Waals surface area (Å²) in [6, 6.07) is 7.77. The topological polar surface area (TPSA) is 83.4 Å². The Labute approximate surface area is 164 Å². The van der Waals surface area contributed by atoms with Crippen molar-refractivity contribution < 1.29 is 9.59 Å². The van der Waals surface area contributed by atoms with Crippen molar-refractivity contribution in [2.24, 2.45) is 5.92 Å².